The summed E-state index contributed by atoms with van der Waals surface area (Å²) < 4.78 is 17.8. The Labute approximate surface area is 83.8 Å². The second kappa shape index (κ2) is 4.37. The van der Waals surface area contributed by atoms with Gasteiger partial charge in [0.1, 0.15) is 5.75 Å². The van der Waals surface area contributed by atoms with Crippen LogP contribution in [0.1, 0.15) is 17.3 Å². The highest BCUT2D eigenvalue weighted by Crippen LogP contribution is 2.21. The molecule has 1 aromatic rings. The van der Waals surface area contributed by atoms with Gasteiger partial charge in [-0.1, -0.05) is 15.9 Å². The zero-order valence-corrected chi connectivity index (χ0v) is 8.55. The molecular weight excluding hydrogens is 239 g/mol. The van der Waals surface area contributed by atoms with E-state index in [-0.39, 0.29) is 0 Å². The molecule has 13 heavy (non-hydrogen) atoms. The van der Waals surface area contributed by atoms with Crippen molar-refractivity contribution in [3.8, 4) is 5.75 Å². The molecule has 1 rings (SSSR count). The second-order valence-electron chi connectivity index (χ2n) is 2.46. The van der Waals surface area contributed by atoms with Gasteiger partial charge in [0.25, 0.3) is 0 Å². The minimum absolute atomic E-state index is 0.348. The van der Waals surface area contributed by atoms with Gasteiger partial charge >= 0.3 is 0 Å². The Morgan fingerprint density at radius 2 is 2.31 bits per heavy atom. The fourth-order valence-electron chi connectivity index (χ4n) is 0.873. The van der Waals surface area contributed by atoms with Gasteiger partial charge in [-0.2, -0.15) is 0 Å². The topological polar surface area (TPSA) is 26.3 Å². The first-order valence-corrected chi connectivity index (χ1v) is 4.48. The Bertz CT molecular complexity index is 312. The quantitative estimate of drug-likeness (QED) is 0.767. The van der Waals surface area contributed by atoms with E-state index < -0.39 is 6.36 Å². The molecule has 0 aliphatic rings. The van der Waals surface area contributed by atoms with Crippen molar-refractivity contribution >= 4 is 22.2 Å². The molecule has 0 aromatic heterocycles. The third-order valence-electron chi connectivity index (χ3n) is 1.39. The minimum Gasteiger partial charge on any atom is -0.461 e. The summed E-state index contributed by atoms with van der Waals surface area (Å²) >= 11 is 3.18. The normalized spacial score (nSPS) is 12.2. The number of ether oxygens (including phenoxy) is 1. The van der Waals surface area contributed by atoms with Crippen LogP contribution in [0, 0.1) is 0 Å². The molecule has 2 nitrogen and oxygen atoms in total. The summed E-state index contributed by atoms with van der Waals surface area (Å²) in [6.45, 7) is 1.28. The van der Waals surface area contributed by atoms with Crippen LogP contribution in [0.4, 0.5) is 4.39 Å². The lowest BCUT2D eigenvalue weighted by Gasteiger charge is -2.07. The predicted molar refractivity (Wildman–Crippen MR) is 50.7 cm³/mol. The number of carbonyl (C=O) groups excluding carboxylic acids is 1. The summed E-state index contributed by atoms with van der Waals surface area (Å²) in [6.07, 6.45) is -0.694. The van der Waals surface area contributed by atoms with Gasteiger partial charge in [-0.3, -0.25) is 4.79 Å². The van der Waals surface area contributed by atoms with Crippen molar-refractivity contribution in [2.24, 2.45) is 0 Å². The summed E-state index contributed by atoms with van der Waals surface area (Å²) in [6, 6.07) is 4.71. The van der Waals surface area contributed by atoms with E-state index in [1.54, 1.807) is 12.1 Å². The van der Waals surface area contributed by atoms with Crippen molar-refractivity contribution in [1.29, 1.82) is 0 Å². The average Bonchev–Trinajstić information content (AvgIpc) is 2.07. The van der Waals surface area contributed by atoms with Crippen molar-refractivity contribution in [2.75, 3.05) is 0 Å². The standard InChI is InChI=1S/C9H8BrFO2/c1-6(11)13-8-2-3-9(10)7(4-8)5-12/h2-6H,1H3. The molecular formula is C9H8BrFO2. The minimum atomic E-state index is -1.37. The van der Waals surface area contributed by atoms with E-state index in [2.05, 4.69) is 15.9 Å². The van der Waals surface area contributed by atoms with Gasteiger partial charge in [-0.05, 0) is 18.2 Å². The molecule has 0 radical (unpaired) electrons. The van der Waals surface area contributed by atoms with Gasteiger partial charge in [-0.15, -0.1) is 0 Å². The average molecular weight is 247 g/mol. The summed E-state index contributed by atoms with van der Waals surface area (Å²) in [7, 11) is 0. The van der Waals surface area contributed by atoms with Gasteiger partial charge in [0.15, 0.2) is 6.29 Å². The van der Waals surface area contributed by atoms with Crippen LogP contribution < -0.4 is 4.74 Å². The predicted octanol–water partition coefficient (Wildman–Crippen LogP) is 2.96. The molecule has 0 saturated carbocycles. The lowest BCUT2D eigenvalue weighted by Crippen LogP contribution is -2.03. The van der Waals surface area contributed by atoms with Crippen LogP contribution in [0.25, 0.3) is 0 Å². The van der Waals surface area contributed by atoms with Crippen LogP contribution in [-0.4, -0.2) is 12.6 Å². The number of carbonyl (C=O) groups is 1. The molecule has 0 bridgehead atoms. The van der Waals surface area contributed by atoms with Crippen LogP contribution in [0.15, 0.2) is 22.7 Å². The smallest absolute Gasteiger partial charge is 0.235 e. The number of halogens is 2. The van der Waals surface area contributed by atoms with E-state index in [1.165, 1.54) is 13.0 Å². The molecule has 0 aliphatic carbocycles. The first-order chi connectivity index (χ1) is 6.13. The third-order valence-corrected chi connectivity index (χ3v) is 2.12. The Morgan fingerprint density at radius 1 is 1.62 bits per heavy atom. The van der Waals surface area contributed by atoms with Crippen LogP contribution >= 0.6 is 15.9 Å². The van der Waals surface area contributed by atoms with Crippen LogP contribution in [-0.2, 0) is 0 Å². The maximum absolute atomic E-state index is 12.4. The van der Waals surface area contributed by atoms with E-state index in [0.29, 0.717) is 22.1 Å². The van der Waals surface area contributed by atoms with Gasteiger partial charge in [0.05, 0.1) is 0 Å². The number of hydrogen-bond acceptors (Lipinski definition) is 2. The zero-order chi connectivity index (χ0) is 9.84. The lowest BCUT2D eigenvalue weighted by atomic mass is 10.2. The number of benzene rings is 1. The Morgan fingerprint density at radius 3 is 2.85 bits per heavy atom. The van der Waals surface area contributed by atoms with Gasteiger partial charge in [-0.25, -0.2) is 4.39 Å². The summed E-state index contributed by atoms with van der Waals surface area (Å²) in [5, 5.41) is 0. The molecule has 0 fully saturated rings. The molecule has 70 valence electrons. The molecule has 0 amide bonds. The molecule has 1 unspecified atom stereocenters. The van der Waals surface area contributed by atoms with E-state index in [9.17, 15) is 9.18 Å². The number of hydrogen-bond donors (Lipinski definition) is 0. The SMILES string of the molecule is CC(F)Oc1ccc(Br)c(C=O)c1. The van der Waals surface area contributed by atoms with Gasteiger partial charge in [0, 0.05) is 17.0 Å². The second-order valence-corrected chi connectivity index (χ2v) is 3.32. The first kappa shape index (κ1) is 10.2. The van der Waals surface area contributed by atoms with Crippen LogP contribution in [0.2, 0.25) is 0 Å². The molecule has 0 heterocycles. The van der Waals surface area contributed by atoms with Gasteiger partial charge in [0.2, 0.25) is 6.36 Å². The maximum Gasteiger partial charge on any atom is 0.235 e. The Balaban J connectivity index is 2.92. The van der Waals surface area contributed by atoms with Crippen molar-refractivity contribution < 1.29 is 13.9 Å². The van der Waals surface area contributed by atoms with Gasteiger partial charge < -0.3 is 4.74 Å². The van der Waals surface area contributed by atoms with Crippen molar-refractivity contribution in [3.63, 3.8) is 0 Å². The third kappa shape index (κ3) is 2.81. The zero-order valence-electron chi connectivity index (χ0n) is 6.96. The highest BCUT2D eigenvalue weighted by molar-refractivity contribution is 9.10. The van der Waals surface area contributed by atoms with Crippen LogP contribution in [0.3, 0.4) is 0 Å². The van der Waals surface area contributed by atoms with Crippen molar-refractivity contribution in [2.45, 2.75) is 13.3 Å². The fourth-order valence-corrected chi connectivity index (χ4v) is 1.21. The summed E-state index contributed by atoms with van der Waals surface area (Å²) in [5.41, 5.74) is 0.443. The number of rotatable bonds is 3. The molecule has 0 spiro atoms. The molecule has 1 atom stereocenters. The maximum atomic E-state index is 12.4. The molecule has 0 aliphatic heterocycles. The molecule has 4 heteroatoms. The van der Waals surface area contributed by atoms with Crippen LogP contribution in [0.5, 0.6) is 5.75 Å². The highest BCUT2D eigenvalue weighted by Gasteiger charge is 2.03. The van der Waals surface area contributed by atoms with Crippen molar-refractivity contribution in [3.05, 3.63) is 28.2 Å². The summed E-state index contributed by atoms with van der Waals surface area (Å²) in [5.74, 6) is 0.348. The number of aldehydes is 1. The van der Waals surface area contributed by atoms with E-state index in [4.69, 9.17) is 4.74 Å². The van der Waals surface area contributed by atoms with E-state index in [1.807, 2.05) is 0 Å². The van der Waals surface area contributed by atoms with Crippen molar-refractivity contribution in [1.82, 2.24) is 0 Å². The first-order valence-electron chi connectivity index (χ1n) is 3.69. The highest BCUT2D eigenvalue weighted by atomic mass is 79.9. The summed E-state index contributed by atoms with van der Waals surface area (Å²) in [4.78, 5) is 10.5. The largest absolute Gasteiger partial charge is 0.461 e. The molecule has 0 saturated heterocycles. The molecule has 1 aromatic carbocycles. The lowest BCUT2D eigenvalue weighted by molar-refractivity contribution is 0.0857. The monoisotopic (exact) mass is 246 g/mol. The Kier molecular flexibility index (Phi) is 3.42. The van der Waals surface area contributed by atoms with E-state index in [0.717, 1.165) is 0 Å². The Hall–Kier alpha value is -0.900. The fraction of sp³-hybridized carbons (Fsp3) is 0.222. The van der Waals surface area contributed by atoms with E-state index >= 15 is 0 Å². The molecule has 0 N–H and O–H groups in total. The number of alkyl halides is 1.